The number of aliphatic hydroxyl groups excluding tert-OH is 1. The molecule has 5 rings (SSSR count). The summed E-state index contributed by atoms with van der Waals surface area (Å²) in [5.41, 5.74) is 5.23. The predicted octanol–water partition coefficient (Wildman–Crippen LogP) is 2.22. The Balaban J connectivity index is 1.69. The SMILES string of the molecule is COc1cc2c(c(CO)c1OC)C[C@H]1c3c(cc4c(c3OC)OCO4)CC[N+]1=C2. The van der Waals surface area contributed by atoms with Crippen LogP contribution in [0.5, 0.6) is 28.7 Å². The van der Waals surface area contributed by atoms with Gasteiger partial charge in [0.1, 0.15) is 6.54 Å². The van der Waals surface area contributed by atoms with Gasteiger partial charge in [0.2, 0.25) is 12.5 Å². The molecule has 0 fully saturated rings. The average Bonchev–Trinajstić information content (AvgIpc) is 3.22. The molecule has 29 heavy (non-hydrogen) atoms. The first-order valence-electron chi connectivity index (χ1n) is 9.67. The van der Waals surface area contributed by atoms with Gasteiger partial charge in [0.05, 0.1) is 33.5 Å². The summed E-state index contributed by atoms with van der Waals surface area (Å²) in [5, 5.41) is 10.1. The predicted molar refractivity (Wildman–Crippen MR) is 105 cm³/mol. The molecule has 3 aliphatic rings. The van der Waals surface area contributed by atoms with Crippen molar-refractivity contribution in [2.24, 2.45) is 0 Å². The number of hydrogen-bond donors (Lipinski definition) is 1. The van der Waals surface area contributed by atoms with Crippen molar-refractivity contribution in [2.75, 3.05) is 34.7 Å². The lowest BCUT2D eigenvalue weighted by atomic mass is 9.83. The van der Waals surface area contributed by atoms with E-state index in [1.807, 2.05) is 6.07 Å². The number of benzene rings is 2. The van der Waals surface area contributed by atoms with E-state index in [9.17, 15) is 5.11 Å². The van der Waals surface area contributed by atoms with E-state index in [1.165, 1.54) is 5.56 Å². The van der Waals surface area contributed by atoms with Crippen molar-refractivity contribution in [3.63, 3.8) is 0 Å². The first kappa shape index (κ1) is 18.1. The fourth-order valence-corrected chi connectivity index (χ4v) is 4.82. The third-order valence-corrected chi connectivity index (χ3v) is 6.10. The molecule has 7 heteroatoms. The molecule has 0 amide bonds. The molecular formula is C22H24NO6+. The second-order valence-electron chi connectivity index (χ2n) is 7.37. The largest absolute Gasteiger partial charge is 0.493 e. The summed E-state index contributed by atoms with van der Waals surface area (Å²) in [6.45, 7) is 0.987. The molecule has 3 aliphatic heterocycles. The highest BCUT2D eigenvalue weighted by atomic mass is 16.7. The van der Waals surface area contributed by atoms with Crippen LogP contribution in [0.3, 0.4) is 0 Å². The van der Waals surface area contributed by atoms with Crippen molar-refractivity contribution in [2.45, 2.75) is 25.5 Å². The molecule has 0 saturated heterocycles. The Morgan fingerprint density at radius 3 is 2.66 bits per heavy atom. The standard InChI is InChI=1S/C22H24NO6/c1-25-17-7-13-9-23-5-4-12-6-18-21(29-11-28-18)22(27-3)19(12)16(23)8-14(13)15(10-24)20(17)26-2/h6-7,9,16,24H,4-5,8,10-11H2,1-3H3/q+1/t16-/m0/s1. The molecule has 3 heterocycles. The van der Waals surface area contributed by atoms with Crippen molar-refractivity contribution < 1.29 is 33.4 Å². The molecule has 2 aromatic rings. The van der Waals surface area contributed by atoms with E-state index >= 15 is 0 Å². The Labute approximate surface area is 169 Å². The fourth-order valence-electron chi connectivity index (χ4n) is 4.82. The number of aliphatic hydroxyl groups is 1. The molecule has 0 aromatic heterocycles. The maximum Gasteiger partial charge on any atom is 0.231 e. The lowest BCUT2D eigenvalue weighted by molar-refractivity contribution is -0.573. The molecule has 0 radical (unpaired) electrons. The second-order valence-corrected chi connectivity index (χ2v) is 7.37. The van der Waals surface area contributed by atoms with Crippen LogP contribution in [0.4, 0.5) is 0 Å². The topological polar surface area (TPSA) is 69.4 Å². The number of hydrogen-bond acceptors (Lipinski definition) is 6. The van der Waals surface area contributed by atoms with E-state index in [4.69, 9.17) is 23.7 Å². The van der Waals surface area contributed by atoms with Crippen LogP contribution in [0.15, 0.2) is 12.1 Å². The summed E-state index contributed by atoms with van der Waals surface area (Å²) in [6.07, 6.45) is 3.77. The maximum atomic E-state index is 10.1. The zero-order valence-corrected chi connectivity index (χ0v) is 16.8. The average molecular weight is 398 g/mol. The maximum absolute atomic E-state index is 10.1. The Morgan fingerprint density at radius 2 is 1.93 bits per heavy atom. The Hall–Kier alpha value is -2.93. The van der Waals surface area contributed by atoms with Crippen molar-refractivity contribution in [1.82, 2.24) is 0 Å². The third kappa shape index (κ3) is 2.57. The van der Waals surface area contributed by atoms with Crippen LogP contribution in [0, 0.1) is 0 Å². The van der Waals surface area contributed by atoms with E-state index in [-0.39, 0.29) is 19.4 Å². The minimum absolute atomic E-state index is 0.0825. The number of rotatable bonds is 4. The first-order chi connectivity index (χ1) is 14.2. The van der Waals surface area contributed by atoms with Gasteiger partial charge in [-0.25, -0.2) is 4.58 Å². The smallest absolute Gasteiger partial charge is 0.231 e. The van der Waals surface area contributed by atoms with Gasteiger partial charge in [-0.2, -0.15) is 0 Å². The van der Waals surface area contributed by atoms with Crippen molar-refractivity contribution in [3.05, 3.63) is 39.9 Å². The normalized spacial score (nSPS) is 18.3. The highest BCUT2D eigenvalue weighted by Crippen LogP contribution is 2.50. The van der Waals surface area contributed by atoms with Crippen LogP contribution in [-0.4, -0.2) is 50.6 Å². The summed E-state index contributed by atoms with van der Waals surface area (Å²) in [7, 11) is 4.88. The molecule has 1 atom stereocenters. The number of nitrogens with zero attached hydrogens (tertiary/aromatic N) is 1. The third-order valence-electron chi connectivity index (χ3n) is 6.10. The van der Waals surface area contributed by atoms with Gasteiger partial charge in [0.25, 0.3) is 0 Å². The van der Waals surface area contributed by atoms with Crippen molar-refractivity contribution in [3.8, 4) is 28.7 Å². The van der Waals surface area contributed by atoms with Crippen LogP contribution in [0.1, 0.15) is 33.9 Å². The Kier molecular flexibility index (Phi) is 4.28. The van der Waals surface area contributed by atoms with Gasteiger partial charge in [0, 0.05) is 24.0 Å². The van der Waals surface area contributed by atoms with E-state index in [0.717, 1.165) is 53.1 Å². The van der Waals surface area contributed by atoms with Gasteiger partial charge in [-0.15, -0.1) is 0 Å². The van der Waals surface area contributed by atoms with Crippen LogP contribution < -0.4 is 23.7 Å². The fraction of sp³-hybridized carbons (Fsp3) is 0.409. The number of methoxy groups -OCH3 is 3. The molecule has 0 spiro atoms. The van der Waals surface area contributed by atoms with E-state index in [0.29, 0.717) is 17.2 Å². The molecule has 0 bridgehead atoms. The summed E-state index contributed by atoms with van der Waals surface area (Å²) in [6, 6.07) is 4.14. The second kappa shape index (κ2) is 6.84. The summed E-state index contributed by atoms with van der Waals surface area (Å²) in [5.74, 6) is 3.38. The lowest BCUT2D eigenvalue weighted by Gasteiger charge is -2.30. The van der Waals surface area contributed by atoms with Gasteiger partial charge in [-0.05, 0) is 23.3 Å². The number of fused-ring (bicyclic) bond motifs is 5. The molecule has 0 unspecified atom stereocenters. The summed E-state index contributed by atoms with van der Waals surface area (Å²) < 4.78 is 30.5. The highest BCUT2D eigenvalue weighted by molar-refractivity contribution is 5.82. The Morgan fingerprint density at radius 1 is 1.10 bits per heavy atom. The van der Waals surface area contributed by atoms with Gasteiger partial charge >= 0.3 is 0 Å². The molecule has 0 saturated carbocycles. The molecule has 1 N–H and O–H groups in total. The highest BCUT2D eigenvalue weighted by Gasteiger charge is 2.41. The Bertz CT molecular complexity index is 1030. The first-order valence-corrected chi connectivity index (χ1v) is 9.67. The lowest BCUT2D eigenvalue weighted by Crippen LogP contribution is -2.34. The van der Waals surface area contributed by atoms with Gasteiger partial charge in [-0.1, -0.05) is 0 Å². The monoisotopic (exact) mass is 398 g/mol. The van der Waals surface area contributed by atoms with Gasteiger partial charge in [-0.3, -0.25) is 0 Å². The van der Waals surface area contributed by atoms with Crippen LogP contribution in [0.2, 0.25) is 0 Å². The van der Waals surface area contributed by atoms with Crippen LogP contribution in [-0.2, 0) is 19.4 Å². The molecule has 7 nitrogen and oxygen atoms in total. The van der Waals surface area contributed by atoms with Gasteiger partial charge in [0.15, 0.2) is 35.3 Å². The summed E-state index contributed by atoms with van der Waals surface area (Å²) >= 11 is 0. The number of ether oxygens (including phenoxy) is 5. The molecule has 2 aromatic carbocycles. The zero-order valence-electron chi connectivity index (χ0n) is 16.8. The van der Waals surface area contributed by atoms with Crippen LogP contribution in [0.25, 0.3) is 0 Å². The van der Waals surface area contributed by atoms with Crippen molar-refractivity contribution >= 4 is 6.21 Å². The minimum atomic E-state index is -0.117. The van der Waals surface area contributed by atoms with E-state index in [1.54, 1.807) is 21.3 Å². The van der Waals surface area contributed by atoms with Gasteiger partial charge < -0.3 is 28.8 Å². The van der Waals surface area contributed by atoms with E-state index < -0.39 is 0 Å². The molecule has 152 valence electrons. The van der Waals surface area contributed by atoms with E-state index in [2.05, 4.69) is 16.9 Å². The molecular weight excluding hydrogens is 374 g/mol. The van der Waals surface area contributed by atoms with Crippen molar-refractivity contribution in [1.29, 1.82) is 0 Å². The molecule has 0 aliphatic carbocycles. The zero-order chi connectivity index (χ0) is 20.1. The van der Waals surface area contributed by atoms with Crippen LogP contribution >= 0.6 is 0 Å². The minimum Gasteiger partial charge on any atom is -0.493 e. The summed E-state index contributed by atoms with van der Waals surface area (Å²) in [4.78, 5) is 0. The quantitative estimate of drug-likeness (QED) is 0.797.